The number of non-ortho nitro benzene ring substituents is 1. The van der Waals surface area contributed by atoms with Crippen molar-refractivity contribution in [2.45, 2.75) is 6.18 Å². The van der Waals surface area contributed by atoms with Crippen molar-refractivity contribution in [2.24, 2.45) is 0 Å². The van der Waals surface area contributed by atoms with Crippen LogP contribution >= 0.6 is 22.9 Å². The molecule has 0 saturated heterocycles. The molecule has 1 N–H and O–H groups in total. The number of alkyl halides is 3. The molecule has 3 rings (SSSR count). The number of anilines is 1. The number of carbonyl (C=O) groups excluding carboxylic acids is 1. The molecule has 0 aliphatic carbocycles. The lowest BCUT2D eigenvalue weighted by Gasteiger charge is -2.07. The Bertz CT molecular complexity index is 1070. The molecule has 1 heterocycles. The summed E-state index contributed by atoms with van der Waals surface area (Å²) in [6.07, 6.45) is -4.48. The Morgan fingerprint density at radius 3 is 2.64 bits per heavy atom. The topological polar surface area (TPSA) is 85.1 Å². The summed E-state index contributed by atoms with van der Waals surface area (Å²) in [5.74, 6) is -0.723. The van der Waals surface area contributed by atoms with Crippen LogP contribution in [-0.2, 0) is 6.18 Å². The molecule has 1 amide bonds. The summed E-state index contributed by atoms with van der Waals surface area (Å²) in [4.78, 5) is 26.6. The fourth-order valence-electron chi connectivity index (χ4n) is 2.28. The molecule has 2 aromatic carbocycles. The van der Waals surface area contributed by atoms with Gasteiger partial charge in [-0.1, -0.05) is 23.7 Å². The second-order valence-corrected chi connectivity index (χ2v) is 6.76. The quantitative estimate of drug-likeness (QED) is 0.431. The highest BCUT2D eigenvalue weighted by atomic mass is 35.5. The van der Waals surface area contributed by atoms with Gasteiger partial charge in [0.2, 0.25) is 0 Å². The van der Waals surface area contributed by atoms with E-state index in [1.54, 1.807) is 0 Å². The Morgan fingerprint density at radius 1 is 1.21 bits per heavy atom. The van der Waals surface area contributed by atoms with E-state index < -0.39 is 22.6 Å². The second kappa shape index (κ2) is 7.56. The van der Waals surface area contributed by atoms with Crippen LogP contribution in [0.4, 0.5) is 24.0 Å². The molecule has 28 heavy (non-hydrogen) atoms. The van der Waals surface area contributed by atoms with Gasteiger partial charge in [-0.2, -0.15) is 13.2 Å². The number of hydrogen-bond acceptors (Lipinski definition) is 5. The average Bonchev–Trinajstić information content (AvgIpc) is 3.09. The van der Waals surface area contributed by atoms with E-state index in [0.29, 0.717) is 0 Å². The highest BCUT2D eigenvalue weighted by Gasteiger charge is 2.30. The molecule has 0 fully saturated rings. The maximum absolute atomic E-state index is 12.8. The van der Waals surface area contributed by atoms with Gasteiger partial charge >= 0.3 is 6.18 Å². The van der Waals surface area contributed by atoms with Crippen LogP contribution in [0.5, 0.6) is 0 Å². The van der Waals surface area contributed by atoms with Crippen molar-refractivity contribution >= 4 is 39.7 Å². The van der Waals surface area contributed by atoms with Crippen molar-refractivity contribution in [3.8, 4) is 11.3 Å². The Hall–Kier alpha value is -2.98. The van der Waals surface area contributed by atoms with Crippen molar-refractivity contribution in [2.75, 3.05) is 5.32 Å². The number of rotatable bonds is 4. The van der Waals surface area contributed by atoms with Gasteiger partial charge in [0, 0.05) is 23.1 Å². The lowest BCUT2D eigenvalue weighted by atomic mass is 10.1. The van der Waals surface area contributed by atoms with Gasteiger partial charge in [-0.05, 0) is 18.2 Å². The van der Waals surface area contributed by atoms with Crippen LogP contribution in [0.1, 0.15) is 15.9 Å². The van der Waals surface area contributed by atoms with E-state index in [4.69, 9.17) is 11.6 Å². The SMILES string of the molecule is O=C(Nc1nc(-c2cccc(C(F)(F)F)c2)cs1)c1cc([N+](=O)[O-])ccc1Cl. The van der Waals surface area contributed by atoms with E-state index in [1.807, 2.05) is 0 Å². The first-order valence-electron chi connectivity index (χ1n) is 7.53. The smallest absolute Gasteiger partial charge is 0.298 e. The average molecular weight is 428 g/mol. The zero-order valence-electron chi connectivity index (χ0n) is 13.7. The van der Waals surface area contributed by atoms with E-state index in [2.05, 4.69) is 10.3 Å². The third kappa shape index (κ3) is 4.29. The highest BCUT2D eigenvalue weighted by Crippen LogP contribution is 2.33. The summed E-state index contributed by atoms with van der Waals surface area (Å²) >= 11 is 6.91. The molecule has 0 aliphatic heterocycles. The minimum absolute atomic E-state index is 0.0118. The number of nitro groups is 1. The first-order chi connectivity index (χ1) is 13.1. The molecule has 3 aromatic rings. The zero-order chi connectivity index (χ0) is 20.5. The molecule has 0 spiro atoms. The number of nitrogens with one attached hydrogen (secondary N) is 1. The van der Waals surface area contributed by atoms with Gasteiger partial charge < -0.3 is 0 Å². The van der Waals surface area contributed by atoms with Crippen molar-refractivity contribution in [3.63, 3.8) is 0 Å². The van der Waals surface area contributed by atoms with E-state index >= 15 is 0 Å². The Morgan fingerprint density at radius 2 is 1.96 bits per heavy atom. The van der Waals surface area contributed by atoms with Gasteiger partial charge in [0.05, 0.1) is 26.8 Å². The number of thiazole rings is 1. The van der Waals surface area contributed by atoms with Crippen molar-refractivity contribution in [1.82, 2.24) is 4.98 Å². The lowest BCUT2D eigenvalue weighted by molar-refractivity contribution is -0.384. The van der Waals surface area contributed by atoms with Gasteiger partial charge in [-0.3, -0.25) is 20.2 Å². The van der Waals surface area contributed by atoms with Crippen LogP contribution in [0.3, 0.4) is 0 Å². The van der Waals surface area contributed by atoms with E-state index in [0.717, 1.165) is 35.6 Å². The zero-order valence-corrected chi connectivity index (χ0v) is 15.2. The number of benzene rings is 2. The number of carbonyl (C=O) groups is 1. The predicted molar refractivity (Wildman–Crippen MR) is 98.6 cm³/mol. The lowest BCUT2D eigenvalue weighted by Crippen LogP contribution is -2.12. The summed E-state index contributed by atoms with van der Waals surface area (Å²) in [6, 6.07) is 8.05. The van der Waals surface area contributed by atoms with Crippen molar-refractivity contribution in [1.29, 1.82) is 0 Å². The number of amides is 1. The molecular formula is C17H9ClF3N3O3S. The number of hydrogen-bond donors (Lipinski definition) is 1. The molecule has 0 saturated carbocycles. The van der Waals surface area contributed by atoms with E-state index in [9.17, 15) is 28.1 Å². The summed E-state index contributed by atoms with van der Waals surface area (Å²) in [6.45, 7) is 0. The van der Waals surface area contributed by atoms with Gasteiger partial charge in [-0.25, -0.2) is 4.98 Å². The predicted octanol–water partition coefficient (Wildman–Crippen LogP) is 5.64. The fourth-order valence-corrected chi connectivity index (χ4v) is 3.20. The molecule has 0 radical (unpaired) electrons. The Balaban J connectivity index is 1.83. The van der Waals surface area contributed by atoms with Gasteiger partial charge in [0.1, 0.15) is 0 Å². The summed E-state index contributed by atoms with van der Waals surface area (Å²) in [5, 5.41) is 14.9. The van der Waals surface area contributed by atoms with Gasteiger partial charge in [-0.15, -0.1) is 11.3 Å². The first kappa shape index (κ1) is 19.8. The van der Waals surface area contributed by atoms with E-state index in [1.165, 1.54) is 23.6 Å². The molecule has 0 unspecified atom stereocenters. The second-order valence-electron chi connectivity index (χ2n) is 5.49. The number of aromatic nitrogens is 1. The minimum atomic E-state index is -4.48. The van der Waals surface area contributed by atoms with Crippen LogP contribution in [0.25, 0.3) is 11.3 Å². The van der Waals surface area contributed by atoms with Crippen LogP contribution in [0.15, 0.2) is 47.8 Å². The standard InChI is InChI=1S/C17H9ClF3N3O3S/c18-13-5-4-11(24(26)27)7-12(13)15(25)23-16-22-14(8-28-16)9-2-1-3-10(6-9)17(19,20)21/h1-8H,(H,22,23,25). The molecule has 0 bridgehead atoms. The first-order valence-corrected chi connectivity index (χ1v) is 8.79. The Kier molecular flexibility index (Phi) is 5.34. The largest absolute Gasteiger partial charge is 0.416 e. The number of halogens is 4. The van der Waals surface area contributed by atoms with Gasteiger partial charge in [0.15, 0.2) is 5.13 Å². The van der Waals surface area contributed by atoms with Crippen LogP contribution in [0, 0.1) is 10.1 Å². The van der Waals surface area contributed by atoms with Crippen LogP contribution in [0.2, 0.25) is 5.02 Å². The molecule has 144 valence electrons. The molecule has 0 atom stereocenters. The molecular weight excluding hydrogens is 419 g/mol. The van der Waals surface area contributed by atoms with Crippen LogP contribution in [-0.4, -0.2) is 15.8 Å². The molecule has 1 aromatic heterocycles. The van der Waals surface area contributed by atoms with E-state index in [-0.39, 0.29) is 32.7 Å². The highest BCUT2D eigenvalue weighted by molar-refractivity contribution is 7.14. The summed E-state index contributed by atoms with van der Waals surface area (Å²) < 4.78 is 38.5. The number of nitrogens with zero attached hydrogens (tertiary/aromatic N) is 2. The maximum Gasteiger partial charge on any atom is 0.416 e. The summed E-state index contributed by atoms with van der Waals surface area (Å²) in [5.41, 5.74) is -0.756. The molecule has 6 nitrogen and oxygen atoms in total. The third-order valence-electron chi connectivity index (χ3n) is 3.62. The van der Waals surface area contributed by atoms with Crippen LogP contribution < -0.4 is 5.32 Å². The summed E-state index contributed by atoms with van der Waals surface area (Å²) in [7, 11) is 0. The Labute approximate surface area is 164 Å². The number of nitro benzene ring substituents is 1. The monoisotopic (exact) mass is 427 g/mol. The van der Waals surface area contributed by atoms with Crippen molar-refractivity contribution < 1.29 is 22.9 Å². The minimum Gasteiger partial charge on any atom is -0.298 e. The molecule has 0 aliphatic rings. The maximum atomic E-state index is 12.8. The third-order valence-corrected chi connectivity index (χ3v) is 4.70. The molecule has 11 heteroatoms. The normalized spacial score (nSPS) is 11.3. The van der Waals surface area contributed by atoms with Crippen molar-refractivity contribution in [3.05, 3.63) is 74.1 Å². The van der Waals surface area contributed by atoms with Gasteiger partial charge in [0.25, 0.3) is 11.6 Å². The fraction of sp³-hybridized carbons (Fsp3) is 0.0588.